The monoisotopic (exact) mass is 272 g/mol. The minimum Gasteiger partial charge on any atom is -0.376 e. The molecule has 1 aromatic heterocycles. The molecule has 1 aliphatic heterocycles. The second-order valence-electron chi connectivity index (χ2n) is 5.27. The molecule has 5 heteroatoms. The number of nitrogens with zero attached hydrogens (tertiary/aromatic N) is 3. The summed E-state index contributed by atoms with van der Waals surface area (Å²) in [4.78, 5) is 0. The Balaban J connectivity index is 1.95. The van der Waals surface area contributed by atoms with Crippen molar-refractivity contribution in [2.24, 2.45) is 5.92 Å². The Labute approximate surface area is 118 Å². The van der Waals surface area contributed by atoms with Gasteiger partial charge < -0.3 is 10.1 Å². The molecular formula is C15H20N4O. The molecule has 0 radical (unpaired) electrons. The van der Waals surface area contributed by atoms with Crippen LogP contribution in [0.3, 0.4) is 0 Å². The predicted molar refractivity (Wildman–Crippen MR) is 76.7 cm³/mol. The highest BCUT2D eigenvalue weighted by Crippen LogP contribution is 2.31. The van der Waals surface area contributed by atoms with Gasteiger partial charge in [0.1, 0.15) is 0 Å². The van der Waals surface area contributed by atoms with Crippen LogP contribution in [-0.4, -0.2) is 34.8 Å². The number of nitrogens with one attached hydrogen (secondary N) is 1. The highest BCUT2D eigenvalue weighted by atomic mass is 16.5. The fourth-order valence-corrected chi connectivity index (χ4v) is 2.85. The molecule has 3 unspecified atom stereocenters. The van der Waals surface area contributed by atoms with E-state index in [4.69, 9.17) is 4.74 Å². The zero-order chi connectivity index (χ0) is 13.9. The summed E-state index contributed by atoms with van der Waals surface area (Å²) >= 11 is 0. The maximum atomic E-state index is 5.90. The Kier molecular flexibility index (Phi) is 3.80. The van der Waals surface area contributed by atoms with Gasteiger partial charge in [0.2, 0.25) is 0 Å². The van der Waals surface area contributed by atoms with Gasteiger partial charge >= 0.3 is 0 Å². The number of ether oxygens (including phenoxy) is 1. The quantitative estimate of drug-likeness (QED) is 0.924. The molecule has 1 fully saturated rings. The Morgan fingerprint density at radius 2 is 2.15 bits per heavy atom. The molecule has 2 aromatic rings. The van der Waals surface area contributed by atoms with Crippen molar-refractivity contribution in [2.75, 3.05) is 13.7 Å². The molecular weight excluding hydrogens is 252 g/mol. The van der Waals surface area contributed by atoms with Crippen LogP contribution in [0.2, 0.25) is 0 Å². The van der Waals surface area contributed by atoms with Crippen molar-refractivity contribution in [3.05, 3.63) is 42.2 Å². The summed E-state index contributed by atoms with van der Waals surface area (Å²) in [6, 6.07) is 10.2. The first-order valence-corrected chi connectivity index (χ1v) is 7.06. The van der Waals surface area contributed by atoms with Gasteiger partial charge in [-0.15, -0.1) is 5.10 Å². The minimum atomic E-state index is 0.0997. The fourth-order valence-electron chi connectivity index (χ4n) is 2.85. The molecule has 106 valence electrons. The fraction of sp³-hybridized carbons (Fsp3) is 0.467. The van der Waals surface area contributed by atoms with Crippen molar-refractivity contribution in [1.29, 1.82) is 0 Å². The molecule has 3 rings (SSSR count). The molecule has 20 heavy (non-hydrogen) atoms. The van der Waals surface area contributed by atoms with Crippen LogP contribution in [-0.2, 0) is 4.74 Å². The van der Waals surface area contributed by atoms with Gasteiger partial charge in [0.25, 0.3) is 0 Å². The average Bonchev–Trinajstić information content (AvgIpc) is 3.11. The molecule has 1 aromatic carbocycles. The number of para-hydroxylation sites is 1. The highest BCUT2D eigenvalue weighted by Gasteiger charge is 2.34. The first-order valence-electron chi connectivity index (χ1n) is 7.06. The van der Waals surface area contributed by atoms with Gasteiger partial charge in [0, 0.05) is 6.61 Å². The number of benzene rings is 1. The van der Waals surface area contributed by atoms with Crippen molar-refractivity contribution in [2.45, 2.75) is 25.5 Å². The van der Waals surface area contributed by atoms with Crippen LogP contribution in [0.25, 0.3) is 5.69 Å². The van der Waals surface area contributed by atoms with Crippen molar-refractivity contribution in [3.63, 3.8) is 0 Å². The largest absolute Gasteiger partial charge is 0.376 e. The second-order valence-corrected chi connectivity index (χ2v) is 5.27. The molecule has 1 saturated heterocycles. The van der Waals surface area contributed by atoms with Crippen molar-refractivity contribution >= 4 is 0 Å². The van der Waals surface area contributed by atoms with E-state index in [-0.39, 0.29) is 12.1 Å². The highest BCUT2D eigenvalue weighted by molar-refractivity contribution is 5.32. The molecule has 0 saturated carbocycles. The Bertz CT molecular complexity index is 554. The summed E-state index contributed by atoms with van der Waals surface area (Å²) in [5, 5.41) is 11.7. The van der Waals surface area contributed by atoms with Gasteiger partial charge in [-0.25, -0.2) is 4.68 Å². The van der Waals surface area contributed by atoms with E-state index in [1.165, 1.54) is 0 Å². The van der Waals surface area contributed by atoms with Crippen LogP contribution in [0.4, 0.5) is 0 Å². The molecule has 2 heterocycles. The molecule has 0 amide bonds. The van der Waals surface area contributed by atoms with E-state index >= 15 is 0 Å². The van der Waals surface area contributed by atoms with Gasteiger partial charge in [-0.1, -0.05) is 30.3 Å². The molecule has 0 aliphatic carbocycles. The lowest BCUT2D eigenvalue weighted by Gasteiger charge is -2.25. The van der Waals surface area contributed by atoms with Gasteiger partial charge in [0.05, 0.1) is 29.7 Å². The second kappa shape index (κ2) is 5.73. The summed E-state index contributed by atoms with van der Waals surface area (Å²) in [7, 11) is 1.96. The summed E-state index contributed by atoms with van der Waals surface area (Å²) in [5.74, 6) is 0.534. The number of aromatic nitrogens is 3. The van der Waals surface area contributed by atoms with E-state index < -0.39 is 0 Å². The third-order valence-corrected chi connectivity index (χ3v) is 3.98. The maximum absolute atomic E-state index is 5.90. The lowest BCUT2D eigenvalue weighted by Crippen LogP contribution is -2.34. The molecule has 0 bridgehead atoms. The Morgan fingerprint density at radius 1 is 1.35 bits per heavy atom. The van der Waals surface area contributed by atoms with E-state index in [9.17, 15) is 0 Å². The average molecular weight is 272 g/mol. The minimum absolute atomic E-state index is 0.0997. The van der Waals surface area contributed by atoms with E-state index in [1.807, 2.05) is 48.3 Å². The van der Waals surface area contributed by atoms with Gasteiger partial charge in [-0.05, 0) is 31.5 Å². The Hall–Kier alpha value is -1.72. The molecule has 1 N–H and O–H groups in total. The maximum Gasteiger partial charge on any atom is 0.0841 e. The number of rotatable bonds is 4. The Morgan fingerprint density at radius 3 is 2.80 bits per heavy atom. The third-order valence-electron chi connectivity index (χ3n) is 3.98. The zero-order valence-electron chi connectivity index (χ0n) is 11.9. The van der Waals surface area contributed by atoms with Crippen molar-refractivity contribution in [1.82, 2.24) is 20.3 Å². The normalized spacial score (nSPS) is 23.9. The molecule has 5 nitrogen and oxygen atoms in total. The van der Waals surface area contributed by atoms with Crippen molar-refractivity contribution < 1.29 is 4.74 Å². The standard InChI is InChI=1S/C15H20N4O/c1-11-8-9-20-15(11)14(16-2)13-10-17-18-19(13)12-6-4-3-5-7-12/h3-7,10-11,14-16H,8-9H2,1-2H3. The predicted octanol–water partition coefficient (Wildman–Crippen LogP) is 1.95. The van der Waals surface area contributed by atoms with Crippen LogP contribution in [0, 0.1) is 5.92 Å². The van der Waals surface area contributed by atoms with Gasteiger partial charge in [-0.2, -0.15) is 0 Å². The van der Waals surface area contributed by atoms with E-state index in [1.54, 1.807) is 0 Å². The zero-order valence-corrected chi connectivity index (χ0v) is 11.9. The van der Waals surface area contributed by atoms with Crippen LogP contribution in [0.1, 0.15) is 25.1 Å². The molecule has 3 atom stereocenters. The molecule has 1 aliphatic rings. The van der Waals surface area contributed by atoms with Crippen LogP contribution < -0.4 is 5.32 Å². The summed E-state index contributed by atoms with van der Waals surface area (Å²) in [6.45, 7) is 3.07. The number of likely N-dealkylation sites (N-methyl/N-ethyl adjacent to an activating group) is 1. The van der Waals surface area contributed by atoms with E-state index in [0.29, 0.717) is 5.92 Å². The van der Waals surface area contributed by atoms with Crippen LogP contribution >= 0.6 is 0 Å². The lowest BCUT2D eigenvalue weighted by atomic mass is 9.95. The summed E-state index contributed by atoms with van der Waals surface area (Å²) in [5.41, 5.74) is 2.06. The lowest BCUT2D eigenvalue weighted by molar-refractivity contribution is 0.0611. The van der Waals surface area contributed by atoms with Crippen molar-refractivity contribution in [3.8, 4) is 5.69 Å². The topological polar surface area (TPSA) is 52.0 Å². The van der Waals surface area contributed by atoms with Gasteiger partial charge in [0.15, 0.2) is 0 Å². The summed E-state index contributed by atoms with van der Waals surface area (Å²) < 4.78 is 7.79. The number of hydrogen-bond acceptors (Lipinski definition) is 4. The third kappa shape index (κ3) is 2.34. The van der Waals surface area contributed by atoms with E-state index in [0.717, 1.165) is 24.4 Å². The SMILES string of the molecule is CNC(c1cnnn1-c1ccccc1)C1OCCC1C. The van der Waals surface area contributed by atoms with E-state index in [2.05, 4.69) is 22.6 Å². The van der Waals surface area contributed by atoms with Gasteiger partial charge in [-0.3, -0.25) is 0 Å². The number of hydrogen-bond donors (Lipinski definition) is 1. The smallest absolute Gasteiger partial charge is 0.0841 e. The van der Waals surface area contributed by atoms with Crippen LogP contribution in [0.15, 0.2) is 36.5 Å². The van der Waals surface area contributed by atoms with Crippen LogP contribution in [0.5, 0.6) is 0 Å². The first kappa shape index (κ1) is 13.3. The first-order chi connectivity index (χ1) is 9.81. The molecule has 0 spiro atoms. The summed E-state index contributed by atoms with van der Waals surface area (Å²) in [6.07, 6.45) is 3.10.